The number of thioether (sulfide) groups is 1. The molecule has 1 aliphatic heterocycles. The molecule has 2 heterocycles. The Bertz CT molecular complexity index is 1020. The third-order valence-corrected chi connectivity index (χ3v) is 6.06. The summed E-state index contributed by atoms with van der Waals surface area (Å²) in [4.78, 5) is 19.6. The van der Waals surface area contributed by atoms with Crippen LogP contribution in [0.25, 0.3) is 10.9 Å². The standard InChI is InChI=1S/C22H22N2O2S/c1-14-10-16-8-9-18(26-3)12-19(16)23-22(14)27-13-21(25)24-15(2)11-17-6-4-5-7-20(17)24/h4-10,12,15H,11,13H2,1-3H3/t15-/m1/s1. The molecule has 0 fully saturated rings. The van der Waals surface area contributed by atoms with Crippen LogP contribution >= 0.6 is 11.8 Å². The molecule has 1 aliphatic rings. The van der Waals surface area contributed by atoms with E-state index in [9.17, 15) is 4.79 Å². The van der Waals surface area contributed by atoms with Crippen LogP contribution in [0.4, 0.5) is 5.69 Å². The molecule has 3 aromatic rings. The van der Waals surface area contributed by atoms with Gasteiger partial charge in [0.2, 0.25) is 5.91 Å². The Hall–Kier alpha value is -2.53. The third kappa shape index (κ3) is 3.39. The number of pyridine rings is 1. The van der Waals surface area contributed by atoms with Gasteiger partial charge in [-0.2, -0.15) is 0 Å². The molecule has 4 rings (SSSR count). The van der Waals surface area contributed by atoms with Gasteiger partial charge in [0.15, 0.2) is 0 Å². The van der Waals surface area contributed by atoms with Gasteiger partial charge >= 0.3 is 0 Å². The highest BCUT2D eigenvalue weighted by atomic mass is 32.2. The molecule has 0 spiro atoms. The van der Waals surface area contributed by atoms with Gasteiger partial charge in [0.25, 0.3) is 0 Å². The number of amides is 1. The van der Waals surface area contributed by atoms with Crippen molar-refractivity contribution in [3.63, 3.8) is 0 Å². The van der Waals surface area contributed by atoms with Crippen molar-refractivity contribution >= 4 is 34.3 Å². The number of carbonyl (C=O) groups is 1. The molecule has 0 unspecified atom stereocenters. The molecule has 5 heteroatoms. The van der Waals surface area contributed by atoms with Crippen molar-refractivity contribution in [3.05, 3.63) is 59.7 Å². The number of fused-ring (bicyclic) bond motifs is 2. The first-order chi connectivity index (χ1) is 13.1. The summed E-state index contributed by atoms with van der Waals surface area (Å²) in [5.41, 5.74) is 4.26. The highest BCUT2D eigenvalue weighted by Crippen LogP contribution is 2.33. The van der Waals surface area contributed by atoms with E-state index in [4.69, 9.17) is 9.72 Å². The summed E-state index contributed by atoms with van der Waals surface area (Å²) in [6.45, 7) is 4.14. The van der Waals surface area contributed by atoms with Crippen LogP contribution in [0.15, 0.2) is 53.6 Å². The quantitative estimate of drug-likeness (QED) is 0.621. The predicted octanol–water partition coefficient (Wildman–Crippen LogP) is 4.62. The molecule has 0 N–H and O–H groups in total. The molecule has 0 saturated carbocycles. The lowest BCUT2D eigenvalue weighted by Gasteiger charge is -2.22. The monoisotopic (exact) mass is 378 g/mol. The van der Waals surface area contributed by atoms with Crippen LogP contribution in [0.2, 0.25) is 0 Å². The minimum absolute atomic E-state index is 0.129. The first kappa shape index (κ1) is 17.9. The van der Waals surface area contributed by atoms with E-state index in [0.717, 1.165) is 39.4 Å². The number of benzene rings is 2. The first-order valence-electron chi connectivity index (χ1n) is 9.05. The fraction of sp³-hybridized carbons (Fsp3) is 0.273. The van der Waals surface area contributed by atoms with Crippen LogP contribution in [0.5, 0.6) is 5.75 Å². The fourth-order valence-corrected chi connectivity index (χ4v) is 4.50. The average molecular weight is 378 g/mol. The lowest BCUT2D eigenvalue weighted by Crippen LogP contribution is -2.37. The summed E-state index contributed by atoms with van der Waals surface area (Å²) in [6, 6.07) is 16.4. The Morgan fingerprint density at radius 2 is 2.07 bits per heavy atom. The first-order valence-corrected chi connectivity index (χ1v) is 10.0. The Balaban J connectivity index is 1.54. The number of ether oxygens (including phenoxy) is 1. The summed E-state index contributed by atoms with van der Waals surface area (Å²) in [5, 5.41) is 1.97. The summed E-state index contributed by atoms with van der Waals surface area (Å²) >= 11 is 1.50. The Labute approximate surface area is 163 Å². The zero-order valence-electron chi connectivity index (χ0n) is 15.7. The van der Waals surface area contributed by atoms with E-state index in [-0.39, 0.29) is 11.9 Å². The molecule has 1 aromatic heterocycles. The molecule has 1 atom stereocenters. The molecule has 27 heavy (non-hydrogen) atoms. The second kappa shape index (κ2) is 7.24. The van der Waals surface area contributed by atoms with Crippen molar-refractivity contribution < 1.29 is 9.53 Å². The van der Waals surface area contributed by atoms with Gasteiger partial charge in [-0.15, -0.1) is 0 Å². The molecule has 0 saturated heterocycles. The number of rotatable bonds is 4. The number of carbonyl (C=O) groups excluding carboxylic acids is 1. The van der Waals surface area contributed by atoms with Crippen molar-refractivity contribution in [2.75, 3.05) is 17.8 Å². The summed E-state index contributed by atoms with van der Waals surface area (Å²) in [6.07, 6.45) is 0.916. The molecular formula is C22H22N2O2S. The van der Waals surface area contributed by atoms with Gasteiger partial charge in [-0.1, -0.05) is 30.0 Å². The maximum Gasteiger partial charge on any atom is 0.237 e. The number of nitrogens with zero attached hydrogens (tertiary/aromatic N) is 2. The highest BCUT2D eigenvalue weighted by molar-refractivity contribution is 8.00. The largest absolute Gasteiger partial charge is 0.497 e. The minimum atomic E-state index is 0.129. The fourth-order valence-electron chi connectivity index (χ4n) is 3.65. The van der Waals surface area contributed by atoms with Crippen molar-refractivity contribution in [2.45, 2.75) is 31.3 Å². The zero-order chi connectivity index (χ0) is 19.0. The SMILES string of the molecule is COc1ccc2cc(C)c(SCC(=O)N3c4ccccc4C[C@H]3C)nc2c1. The van der Waals surface area contributed by atoms with Crippen molar-refractivity contribution in [1.29, 1.82) is 0 Å². The van der Waals surface area contributed by atoms with Gasteiger partial charge in [-0.3, -0.25) is 4.79 Å². The Morgan fingerprint density at radius 1 is 1.26 bits per heavy atom. The van der Waals surface area contributed by atoms with Crippen LogP contribution in [-0.4, -0.2) is 29.8 Å². The summed E-state index contributed by atoms with van der Waals surface area (Å²) in [7, 11) is 1.65. The molecule has 4 nitrogen and oxygen atoms in total. The van der Waals surface area contributed by atoms with E-state index < -0.39 is 0 Å². The Morgan fingerprint density at radius 3 is 2.89 bits per heavy atom. The van der Waals surface area contributed by atoms with Gasteiger partial charge in [-0.25, -0.2) is 4.98 Å². The number of para-hydroxylation sites is 1. The number of aryl methyl sites for hydroxylation is 1. The smallest absolute Gasteiger partial charge is 0.237 e. The Kier molecular flexibility index (Phi) is 4.79. The number of methoxy groups -OCH3 is 1. The van der Waals surface area contributed by atoms with Crippen LogP contribution in [-0.2, 0) is 11.2 Å². The predicted molar refractivity (Wildman–Crippen MR) is 111 cm³/mol. The van der Waals surface area contributed by atoms with Crippen LogP contribution in [0, 0.1) is 6.92 Å². The van der Waals surface area contributed by atoms with Gasteiger partial charge in [0, 0.05) is 23.2 Å². The number of anilines is 1. The second-order valence-electron chi connectivity index (χ2n) is 6.90. The van der Waals surface area contributed by atoms with Crippen LogP contribution in [0.3, 0.4) is 0 Å². The van der Waals surface area contributed by atoms with E-state index >= 15 is 0 Å². The number of aromatic nitrogens is 1. The maximum atomic E-state index is 12.9. The van der Waals surface area contributed by atoms with Crippen molar-refractivity contribution in [2.24, 2.45) is 0 Å². The highest BCUT2D eigenvalue weighted by Gasteiger charge is 2.30. The topological polar surface area (TPSA) is 42.4 Å². The molecule has 2 aromatic carbocycles. The molecule has 0 radical (unpaired) electrons. The average Bonchev–Trinajstić information content (AvgIpc) is 3.01. The van der Waals surface area contributed by atoms with E-state index in [2.05, 4.69) is 19.1 Å². The van der Waals surface area contributed by atoms with Gasteiger partial charge in [0.1, 0.15) is 10.8 Å². The molecule has 0 aliphatic carbocycles. The van der Waals surface area contributed by atoms with Gasteiger partial charge in [-0.05, 0) is 55.7 Å². The van der Waals surface area contributed by atoms with E-state index in [0.29, 0.717) is 5.75 Å². The van der Waals surface area contributed by atoms with Crippen molar-refractivity contribution in [1.82, 2.24) is 4.98 Å². The molecule has 0 bridgehead atoms. The minimum Gasteiger partial charge on any atom is -0.497 e. The second-order valence-corrected chi connectivity index (χ2v) is 7.87. The van der Waals surface area contributed by atoms with Crippen LogP contribution < -0.4 is 9.64 Å². The maximum absolute atomic E-state index is 12.9. The van der Waals surface area contributed by atoms with Gasteiger partial charge in [0.05, 0.1) is 18.4 Å². The lowest BCUT2D eigenvalue weighted by atomic mass is 10.1. The molecule has 1 amide bonds. The van der Waals surface area contributed by atoms with E-state index in [1.54, 1.807) is 7.11 Å². The molecule has 138 valence electrons. The third-order valence-electron chi connectivity index (χ3n) is 4.98. The summed E-state index contributed by atoms with van der Waals surface area (Å²) < 4.78 is 5.30. The van der Waals surface area contributed by atoms with E-state index in [1.165, 1.54) is 17.3 Å². The van der Waals surface area contributed by atoms with E-state index in [1.807, 2.05) is 48.2 Å². The summed E-state index contributed by atoms with van der Waals surface area (Å²) in [5.74, 6) is 1.29. The van der Waals surface area contributed by atoms with Crippen LogP contribution in [0.1, 0.15) is 18.1 Å². The molecular weight excluding hydrogens is 356 g/mol. The zero-order valence-corrected chi connectivity index (χ0v) is 16.5. The van der Waals surface area contributed by atoms with Crippen molar-refractivity contribution in [3.8, 4) is 5.75 Å². The number of hydrogen-bond donors (Lipinski definition) is 0. The lowest BCUT2D eigenvalue weighted by molar-refractivity contribution is -0.116. The number of hydrogen-bond acceptors (Lipinski definition) is 4. The normalized spacial score (nSPS) is 15.8. The van der Waals surface area contributed by atoms with Gasteiger partial charge < -0.3 is 9.64 Å².